The zero-order chi connectivity index (χ0) is 21.5. The van der Waals surface area contributed by atoms with Crippen LogP contribution in [0.3, 0.4) is 0 Å². The average molecular weight is 405 g/mol. The molecule has 1 aliphatic rings. The fraction of sp³-hybridized carbons (Fsp3) is 0.360. The summed E-state index contributed by atoms with van der Waals surface area (Å²) in [4.78, 5) is 17.0. The van der Waals surface area contributed by atoms with E-state index in [1.165, 1.54) is 5.56 Å². The molecule has 3 aromatic rings. The minimum Gasteiger partial charge on any atom is -0.493 e. The van der Waals surface area contributed by atoms with Crippen molar-refractivity contribution in [2.45, 2.75) is 52.2 Å². The molecular formula is C25H27NO4. The summed E-state index contributed by atoms with van der Waals surface area (Å²) in [6.07, 6.45) is 0.868. The molecule has 0 saturated heterocycles. The molecular weight excluding hydrogens is 378 g/mol. The van der Waals surface area contributed by atoms with Gasteiger partial charge in [0.25, 0.3) is 0 Å². The highest BCUT2D eigenvalue weighted by molar-refractivity contribution is 5.98. The Kier molecular flexibility index (Phi) is 5.24. The Morgan fingerprint density at radius 2 is 1.97 bits per heavy atom. The van der Waals surface area contributed by atoms with Crippen molar-refractivity contribution in [3.05, 3.63) is 59.3 Å². The second kappa shape index (κ2) is 7.73. The highest BCUT2D eigenvalue weighted by Gasteiger charge is 2.32. The van der Waals surface area contributed by atoms with Crippen LogP contribution >= 0.6 is 0 Å². The van der Waals surface area contributed by atoms with Gasteiger partial charge in [-0.25, -0.2) is 4.79 Å². The van der Waals surface area contributed by atoms with Crippen molar-refractivity contribution in [1.82, 2.24) is 4.98 Å². The summed E-state index contributed by atoms with van der Waals surface area (Å²) in [5, 5.41) is 11.0. The molecule has 0 unspecified atom stereocenters. The molecule has 0 aliphatic carbocycles. The number of hydrogen-bond acceptors (Lipinski definition) is 4. The van der Waals surface area contributed by atoms with E-state index < -0.39 is 17.7 Å². The van der Waals surface area contributed by atoms with E-state index in [4.69, 9.17) is 14.5 Å². The number of hydrogen-bond donors (Lipinski definition) is 1. The van der Waals surface area contributed by atoms with Gasteiger partial charge in [0.05, 0.1) is 17.7 Å². The molecule has 0 fully saturated rings. The van der Waals surface area contributed by atoms with Crippen LogP contribution in [0.2, 0.25) is 0 Å². The number of carbonyl (C=O) groups is 1. The van der Waals surface area contributed by atoms with Gasteiger partial charge in [0.2, 0.25) is 0 Å². The molecule has 0 radical (unpaired) electrons. The largest absolute Gasteiger partial charge is 0.493 e. The Labute approximate surface area is 176 Å². The van der Waals surface area contributed by atoms with Gasteiger partial charge in [-0.1, -0.05) is 30.3 Å². The molecule has 2 aromatic carbocycles. The minimum absolute atomic E-state index is 0.590. The Balaban J connectivity index is 2.01. The maximum Gasteiger partial charge on any atom is 0.337 e. The Morgan fingerprint density at radius 3 is 2.70 bits per heavy atom. The quantitative estimate of drug-likeness (QED) is 0.623. The van der Waals surface area contributed by atoms with Crippen molar-refractivity contribution in [3.63, 3.8) is 0 Å². The van der Waals surface area contributed by atoms with Crippen LogP contribution in [0.1, 0.15) is 50.1 Å². The maximum absolute atomic E-state index is 12.3. The molecule has 0 bridgehead atoms. The predicted molar refractivity (Wildman–Crippen MR) is 117 cm³/mol. The van der Waals surface area contributed by atoms with Crippen LogP contribution in [-0.2, 0) is 16.0 Å². The van der Waals surface area contributed by atoms with E-state index in [2.05, 4.69) is 6.07 Å². The van der Waals surface area contributed by atoms with Gasteiger partial charge in [0.1, 0.15) is 5.75 Å². The summed E-state index contributed by atoms with van der Waals surface area (Å²) in [5.41, 5.74) is 4.38. The SMILES string of the molecule is Cc1nc2ccccc2c(-c2ccc3c(c2)OCCC3)c1[C@H](OC(C)(C)C)C(=O)O. The van der Waals surface area contributed by atoms with Crippen molar-refractivity contribution in [3.8, 4) is 16.9 Å². The first-order chi connectivity index (χ1) is 14.2. The highest BCUT2D eigenvalue weighted by atomic mass is 16.5. The van der Waals surface area contributed by atoms with Crippen LogP contribution in [0.5, 0.6) is 5.75 Å². The molecule has 2 heterocycles. The Hall–Kier alpha value is -2.92. The number of carboxylic acids is 1. The third-order valence-electron chi connectivity index (χ3n) is 5.28. The smallest absolute Gasteiger partial charge is 0.337 e. The number of pyridine rings is 1. The Bertz CT molecular complexity index is 1110. The van der Waals surface area contributed by atoms with Gasteiger partial charge in [-0.2, -0.15) is 0 Å². The van der Waals surface area contributed by atoms with E-state index in [1.807, 2.05) is 64.1 Å². The number of aliphatic carboxylic acids is 1. The van der Waals surface area contributed by atoms with Crippen molar-refractivity contribution < 1.29 is 19.4 Å². The number of rotatable bonds is 4. The second-order valence-corrected chi connectivity index (χ2v) is 8.73. The highest BCUT2D eigenvalue weighted by Crippen LogP contribution is 2.41. The maximum atomic E-state index is 12.3. The molecule has 5 heteroatoms. The van der Waals surface area contributed by atoms with E-state index in [0.717, 1.165) is 40.6 Å². The lowest BCUT2D eigenvalue weighted by Crippen LogP contribution is -2.28. The number of nitrogens with zero attached hydrogens (tertiary/aromatic N) is 1. The van der Waals surface area contributed by atoms with E-state index in [1.54, 1.807) is 0 Å². The topological polar surface area (TPSA) is 68.7 Å². The molecule has 0 saturated carbocycles. The second-order valence-electron chi connectivity index (χ2n) is 8.73. The van der Waals surface area contributed by atoms with Gasteiger partial charge in [0, 0.05) is 16.6 Å². The predicted octanol–water partition coefficient (Wildman–Crippen LogP) is 5.48. The van der Waals surface area contributed by atoms with E-state index in [-0.39, 0.29) is 0 Å². The summed E-state index contributed by atoms with van der Waals surface area (Å²) in [6, 6.07) is 14.0. The van der Waals surface area contributed by atoms with Gasteiger partial charge in [-0.15, -0.1) is 0 Å². The summed E-state index contributed by atoms with van der Waals surface area (Å²) >= 11 is 0. The first kappa shape index (κ1) is 20.4. The number of carboxylic acid groups (broad SMARTS) is 1. The van der Waals surface area contributed by atoms with Gasteiger partial charge >= 0.3 is 5.97 Å². The lowest BCUT2D eigenvalue weighted by atomic mass is 9.90. The summed E-state index contributed by atoms with van der Waals surface area (Å²) < 4.78 is 11.9. The first-order valence-electron chi connectivity index (χ1n) is 10.3. The van der Waals surface area contributed by atoms with Crippen LogP contribution in [0.25, 0.3) is 22.0 Å². The van der Waals surface area contributed by atoms with Crippen LogP contribution in [0.15, 0.2) is 42.5 Å². The fourth-order valence-electron chi connectivity index (χ4n) is 4.06. The molecule has 1 aromatic heterocycles. The first-order valence-corrected chi connectivity index (χ1v) is 10.3. The zero-order valence-electron chi connectivity index (χ0n) is 17.9. The van der Waals surface area contributed by atoms with Crippen LogP contribution in [-0.4, -0.2) is 28.3 Å². The van der Waals surface area contributed by atoms with E-state index >= 15 is 0 Å². The van der Waals surface area contributed by atoms with E-state index in [0.29, 0.717) is 17.9 Å². The number of aromatic nitrogens is 1. The summed E-state index contributed by atoms with van der Waals surface area (Å²) in [7, 11) is 0. The summed E-state index contributed by atoms with van der Waals surface area (Å²) in [6.45, 7) is 8.13. The number of fused-ring (bicyclic) bond motifs is 2. The molecule has 1 atom stereocenters. The molecule has 156 valence electrons. The lowest BCUT2D eigenvalue weighted by Gasteiger charge is -2.28. The average Bonchev–Trinajstić information content (AvgIpc) is 2.70. The molecule has 30 heavy (non-hydrogen) atoms. The van der Waals surface area contributed by atoms with Crippen LogP contribution < -0.4 is 4.74 Å². The third-order valence-corrected chi connectivity index (χ3v) is 5.28. The van der Waals surface area contributed by atoms with Gasteiger partial charge in [-0.05, 0) is 69.4 Å². The molecule has 0 amide bonds. The Morgan fingerprint density at radius 1 is 1.20 bits per heavy atom. The van der Waals surface area contributed by atoms with Crippen LogP contribution in [0.4, 0.5) is 0 Å². The summed E-state index contributed by atoms with van der Waals surface area (Å²) in [5.74, 6) is -0.160. The molecule has 4 rings (SSSR count). The van der Waals surface area contributed by atoms with Crippen molar-refractivity contribution in [2.75, 3.05) is 6.61 Å². The van der Waals surface area contributed by atoms with Crippen molar-refractivity contribution in [2.24, 2.45) is 0 Å². The lowest BCUT2D eigenvalue weighted by molar-refractivity contribution is -0.160. The molecule has 1 N–H and O–H groups in total. The van der Waals surface area contributed by atoms with Gasteiger partial charge < -0.3 is 14.6 Å². The van der Waals surface area contributed by atoms with Crippen LogP contribution in [0, 0.1) is 6.92 Å². The standard InChI is InChI=1S/C25H27NO4/c1-15-21(23(24(27)28)30-25(2,3)4)22(18-9-5-6-10-19(18)26-15)17-12-11-16-8-7-13-29-20(16)14-17/h5-6,9-12,14,23H,7-8,13H2,1-4H3,(H,27,28)/t23-/m0/s1. The fourth-order valence-corrected chi connectivity index (χ4v) is 4.06. The number of aryl methyl sites for hydroxylation is 2. The van der Waals surface area contributed by atoms with E-state index in [9.17, 15) is 9.90 Å². The number of para-hydroxylation sites is 1. The normalized spacial score (nSPS) is 14.8. The zero-order valence-corrected chi connectivity index (χ0v) is 17.9. The monoisotopic (exact) mass is 405 g/mol. The molecule has 0 spiro atoms. The van der Waals surface area contributed by atoms with Crippen molar-refractivity contribution >= 4 is 16.9 Å². The van der Waals surface area contributed by atoms with Gasteiger partial charge in [0.15, 0.2) is 6.10 Å². The van der Waals surface area contributed by atoms with Crippen molar-refractivity contribution in [1.29, 1.82) is 0 Å². The third kappa shape index (κ3) is 3.90. The molecule has 1 aliphatic heterocycles. The number of benzene rings is 2. The van der Waals surface area contributed by atoms with Gasteiger partial charge in [-0.3, -0.25) is 4.98 Å². The number of ether oxygens (including phenoxy) is 2. The molecule has 5 nitrogen and oxygen atoms in total. The minimum atomic E-state index is -1.13.